The Morgan fingerprint density at radius 1 is 0.533 bits per heavy atom. The van der Waals surface area contributed by atoms with Crippen molar-refractivity contribution < 1.29 is 0 Å². The number of nitrogens with one attached hydrogen (secondary N) is 1. The molecular weight excluding hydrogens is 382 g/mol. The molecule has 1 nitrogen and oxygen atoms in total. The first-order chi connectivity index (χ1) is 14.9. The number of para-hydroxylation sites is 1. The molecule has 0 aliphatic carbocycles. The number of fused-ring (bicyclic) bond motifs is 4. The summed E-state index contributed by atoms with van der Waals surface area (Å²) in [5.74, 6) is 0. The summed E-state index contributed by atoms with van der Waals surface area (Å²) in [4.78, 5) is 0. The third-order valence-corrected chi connectivity index (χ3v) is 6.80. The van der Waals surface area contributed by atoms with Gasteiger partial charge in [-0.05, 0) is 46.7 Å². The van der Waals surface area contributed by atoms with E-state index in [1.807, 2.05) is 11.3 Å². The predicted octanol–water partition coefficient (Wildman–Crippen LogP) is 8.62. The summed E-state index contributed by atoms with van der Waals surface area (Å²) in [5, 5.41) is 8.88. The normalized spacial score (nSPS) is 11.3. The summed E-state index contributed by atoms with van der Waals surface area (Å²) >= 11 is 1.85. The molecule has 0 saturated carbocycles. The summed E-state index contributed by atoms with van der Waals surface area (Å²) in [5.41, 5.74) is 4.70. The quantitative estimate of drug-likeness (QED) is 0.313. The van der Waals surface area contributed by atoms with Crippen LogP contribution in [0.3, 0.4) is 0 Å². The molecule has 6 aromatic rings. The lowest BCUT2D eigenvalue weighted by molar-refractivity contribution is 1.56. The second kappa shape index (κ2) is 7.01. The largest absolute Gasteiger partial charge is 0.354 e. The van der Waals surface area contributed by atoms with Crippen molar-refractivity contribution in [3.8, 4) is 11.1 Å². The van der Waals surface area contributed by atoms with E-state index in [1.54, 1.807) is 0 Å². The number of rotatable bonds is 3. The van der Waals surface area contributed by atoms with Crippen molar-refractivity contribution >= 4 is 53.7 Å². The molecule has 0 aliphatic rings. The molecule has 2 heteroatoms. The zero-order valence-electron chi connectivity index (χ0n) is 16.3. The SMILES string of the molecule is c1ccc(-c2ccc3ccccc3c2)c(Nc2cccc3sc4ccccc4c23)c1. The van der Waals surface area contributed by atoms with Crippen molar-refractivity contribution in [2.75, 3.05) is 5.32 Å². The molecule has 0 radical (unpaired) electrons. The van der Waals surface area contributed by atoms with Gasteiger partial charge in [0.1, 0.15) is 0 Å². The molecule has 142 valence electrons. The number of hydrogen-bond acceptors (Lipinski definition) is 2. The van der Waals surface area contributed by atoms with Crippen molar-refractivity contribution in [3.63, 3.8) is 0 Å². The van der Waals surface area contributed by atoms with Crippen LogP contribution in [0.2, 0.25) is 0 Å². The molecule has 1 N–H and O–H groups in total. The highest BCUT2D eigenvalue weighted by atomic mass is 32.1. The molecule has 0 spiro atoms. The van der Waals surface area contributed by atoms with Crippen molar-refractivity contribution in [1.29, 1.82) is 0 Å². The second-order valence-corrected chi connectivity index (χ2v) is 8.59. The van der Waals surface area contributed by atoms with Crippen LogP contribution in [0.15, 0.2) is 109 Å². The predicted molar refractivity (Wildman–Crippen MR) is 132 cm³/mol. The summed E-state index contributed by atoms with van der Waals surface area (Å²) < 4.78 is 2.63. The monoisotopic (exact) mass is 401 g/mol. The fraction of sp³-hybridized carbons (Fsp3) is 0. The van der Waals surface area contributed by atoms with Crippen LogP contribution in [-0.2, 0) is 0 Å². The first-order valence-electron chi connectivity index (χ1n) is 10.1. The molecule has 1 aromatic heterocycles. The highest BCUT2D eigenvalue weighted by molar-refractivity contribution is 7.25. The van der Waals surface area contributed by atoms with Gasteiger partial charge >= 0.3 is 0 Å². The Labute approximate surface area is 179 Å². The van der Waals surface area contributed by atoms with E-state index in [1.165, 1.54) is 42.1 Å². The van der Waals surface area contributed by atoms with Crippen LogP contribution in [-0.4, -0.2) is 0 Å². The topological polar surface area (TPSA) is 12.0 Å². The fourth-order valence-electron chi connectivity index (χ4n) is 4.22. The van der Waals surface area contributed by atoms with Gasteiger partial charge in [-0.3, -0.25) is 0 Å². The van der Waals surface area contributed by atoms with Crippen molar-refractivity contribution in [3.05, 3.63) is 109 Å². The van der Waals surface area contributed by atoms with Gasteiger partial charge in [0.2, 0.25) is 0 Å². The minimum absolute atomic E-state index is 1.12. The lowest BCUT2D eigenvalue weighted by atomic mass is 9.99. The van der Waals surface area contributed by atoms with E-state index in [4.69, 9.17) is 0 Å². The Morgan fingerprint density at radius 2 is 1.27 bits per heavy atom. The van der Waals surface area contributed by atoms with E-state index in [2.05, 4.69) is 115 Å². The van der Waals surface area contributed by atoms with E-state index in [0.717, 1.165) is 11.4 Å². The third kappa shape index (κ3) is 2.85. The maximum Gasteiger partial charge on any atom is 0.0478 e. The van der Waals surface area contributed by atoms with Gasteiger partial charge < -0.3 is 5.32 Å². The average molecular weight is 402 g/mol. The molecule has 0 unspecified atom stereocenters. The van der Waals surface area contributed by atoms with E-state index < -0.39 is 0 Å². The summed E-state index contributed by atoms with van der Waals surface area (Å²) in [6.07, 6.45) is 0. The fourth-order valence-corrected chi connectivity index (χ4v) is 5.36. The van der Waals surface area contributed by atoms with E-state index >= 15 is 0 Å². The van der Waals surface area contributed by atoms with Crippen molar-refractivity contribution in [1.82, 2.24) is 0 Å². The van der Waals surface area contributed by atoms with Crippen LogP contribution < -0.4 is 5.32 Å². The minimum atomic E-state index is 1.12. The number of benzene rings is 5. The van der Waals surface area contributed by atoms with Crippen LogP contribution in [0.1, 0.15) is 0 Å². The summed E-state index contributed by atoms with van der Waals surface area (Å²) in [6, 6.07) is 38.9. The highest BCUT2D eigenvalue weighted by Gasteiger charge is 2.11. The smallest absolute Gasteiger partial charge is 0.0478 e. The average Bonchev–Trinajstić information content (AvgIpc) is 3.19. The van der Waals surface area contributed by atoms with Crippen LogP contribution >= 0.6 is 11.3 Å². The van der Waals surface area contributed by atoms with Gasteiger partial charge in [0, 0.05) is 37.1 Å². The maximum absolute atomic E-state index is 3.75. The molecule has 6 rings (SSSR count). The van der Waals surface area contributed by atoms with Gasteiger partial charge in [-0.1, -0.05) is 78.9 Å². The molecule has 5 aromatic carbocycles. The van der Waals surface area contributed by atoms with E-state index in [-0.39, 0.29) is 0 Å². The van der Waals surface area contributed by atoms with Gasteiger partial charge in [-0.25, -0.2) is 0 Å². The van der Waals surface area contributed by atoms with Crippen LogP contribution in [0.5, 0.6) is 0 Å². The lowest BCUT2D eigenvalue weighted by Gasteiger charge is -2.14. The first kappa shape index (κ1) is 17.3. The van der Waals surface area contributed by atoms with Crippen LogP contribution in [0.4, 0.5) is 11.4 Å². The summed E-state index contributed by atoms with van der Waals surface area (Å²) in [7, 11) is 0. The van der Waals surface area contributed by atoms with Crippen molar-refractivity contribution in [2.45, 2.75) is 0 Å². The standard InChI is InChI=1S/C28H19NS/c1-2-9-20-18-21(17-16-19(20)8-1)22-10-3-5-12-24(22)29-25-13-7-15-27-28(25)23-11-4-6-14-26(23)30-27/h1-18,29H. The molecule has 0 bridgehead atoms. The van der Waals surface area contributed by atoms with Gasteiger partial charge in [-0.15, -0.1) is 11.3 Å². The molecule has 1 heterocycles. The molecular formula is C28H19NS. The van der Waals surface area contributed by atoms with Crippen molar-refractivity contribution in [2.24, 2.45) is 0 Å². The zero-order valence-corrected chi connectivity index (χ0v) is 17.1. The van der Waals surface area contributed by atoms with Gasteiger partial charge in [-0.2, -0.15) is 0 Å². The molecule has 30 heavy (non-hydrogen) atoms. The van der Waals surface area contributed by atoms with Crippen LogP contribution in [0, 0.1) is 0 Å². The Kier molecular flexibility index (Phi) is 4.03. The molecule has 0 amide bonds. The zero-order chi connectivity index (χ0) is 19.9. The lowest BCUT2D eigenvalue weighted by Crippen LogP contribution is -1.94. The van der Waals surface area contributed by atoms with E-state index in [0.29, 0.717) is 0 Å². The highest BCUT2D eigenvalue weighted by Crippen LogP contribution is 2.40. The summed E-state index contributed by atoms with van der Waals surface area (Å²) in [6.45, 7) is 0. The van der Waals surface area contributed by atoms with Crippen LogP contribution in [0.25, 0.3) is 42.1 Å². The Balaban J connectivity index is 1.50. The molecule has 0 atom stereocenters. The van der Waals surface area contributed by atoms with Gasteiger partial charge in [0.05, 0.1) is 0 Å². The minimum Gasteiger partial charge on any atom is -0.354 e. The maximum atomic E-state index is 3.75. The molecule has 0 fully saturated rings. The first-order valence-corrected chi connectivity index (χ1v) is 10.9. The molecule has 0 aliphatic heterocycles. The Hall–Kier alpha value is -3.62. The molecule has 0 saturated heterocycles. The second-order valence-electron chi connectivity index (χ2n) is 7.51. The van der Waals surface area contributed by atoms with Gasteiger partial charge in [0.25, 0.3) is 0 Å². The Morgan fingerprint density at radius 3 is 2.23 bits per heavy atom. The number of thiophene rings is 1. The van der Waals surface area contributed by atoms with Gasteiger partial charge in [0.15, 0.2) is 0 Å². The van der Waals surface area contributed by atoms with E-state index in [9.17, 15) is 0 Å². The Bertz CT molecular complexity index is 1530. The third-order valence-electron chi connectivity index (χ3n) is 5.66. The number of anilines is 2. The number of hydrogen-bond donors (Lipinski definition) is 1.